The van der Waals surface area contributed by atoms with Gasteiger partial charge in [-0.2, -0.15) is 0 Å². The molecule has 0 radical (unpaired) electrons. The fraction of sp³-hybridized carbons (Fsp3) is 0.579. The topological polar surface area (TPSA) is 47.5 Å². The number of hydrogen-bond acceptors (Lipinski definition) is 6. The predicted octanol–water partition coefficient (Wildman–Crippen LogP) is 3.04. The van der Waals surface area contributed by atoms with Crippen molar-refractivity contribution >= 4 is 11.3 Å². The fourth-order valence-corrected chi connectivity index (χ4v) is 4.61. The second kappa shape index (κ2) is 7.91. The van der Waals surface area contributed by atoms with Crippen LogP contribution < -0.4 is 0 Å². The highest BCUT2D eigenvalue weighted by Gasteiger charge is 2.41. The zero-order chi connectivity index (χ0) is 17.1. The summed E-state index contributed by atoms with van der Waals surface area (Å²) >= 11 is 1.74. The molecule has 0 N–H and O–H groups in total. The zero-order valence-corrected chi connectivity index (χ0v) is 15.5. The standard InChI is InChI=1S/C19H25N3O2S/c1-14-3-2-4-16(21-14)13-23-12-15-9-17-18(10-15)24-7-6-22(17)11-19-20-5-8-25-19/h2-5,8,15,17-18H,6-7,9-13H2,1H3. The van der Waals surface area contributed by atoms with Crippen molar-refractivity contribution in [2.75, 3.05) is 19.8 Å². The first-order valence-corrected chi connectivity index (χ1v) is 9.90. The van der Waals surface area contributed by atoms with Crippen molar-refractivity contribution in [3.63, 3.8) is 0 Å². The van der Waals surface area contributed by atoms with E-state index in [1.807, 2.05) is 31.3 Å². The van der Waals surface area contributed by atoms with Crippen LogP contribution in [0.2, 0.25) is 0 Å². The van der Waals surface area contributed by atoms with Crippen molar-refractivity contribution in [2.45, 2.75) is 45.1 Å². The maximum Gasteiger partial charge on any atom is 0.107 e. The second-order valence-corrected chi connectivity index (χ2v) is 7.97. The van der Waals surface area contributed by atoms with Crippen LogP contribution in [0.5, 0.6) is 0 Å². The average molecular weight is 359 g/mol. The van der Waals surface area contributed by atoms with Gasteiger partial charge in [0.25, 0.3) is 0 Å². The Morgan fingerprint density at radius 3 is 3.16 bits per heavy atom. The lowest BCUT2D eigenvalue weighted by Gasteiger charge is -2.37. The summed E-state index contributed by atoms with van der Waals surface area (Å²) in [6, 6.07) is 6.58. The highest BCUT2D eigenvalue weighted by Crippen LogP contribution is 2.35. The van der Waals surface area contributed by atoms with Crippen molar-refractivity contribution in [3.05, 3.63) is 46.2 Å². The second-order valence-electron chi connectivity index (χ2n) is 7.00. The molecule has 2 aromatic rings. The van der Waals surface area contributed by atoms with Crippen LogP contribution in [-0.2, 0) is 22.6 Å². The molecule has 6 heteroatoms. The molecule has 5 nitrogen and oxygen atoms in total. The fourth-order valence-electron chi connectivity index (χ4n) is 3.97. The van der Waals surface area contributed by atoms with Gasteiger partial charge in [0.15, 0.2) is 0 Å². The molecule has 0 amide bonds. The predicted molar refractivity (Wildman–Crippen MR) is 97.4 cm³/mol. The molecular formula is C19H25N3O2S. The minimum atomic E-state index is 0.347. The minimum absolute atomic E-state index is 0.347. The van der Waals surface area contributed by atoms with Gasteiger partial charge in [-0.25, -0.2) is 4.98 Å². The van der Waals surface area contributed by atoms with E-state index in [1.54, 1.807) is 11.3 Å². The average Bonchev–Trinajstić information content (AvgIpc) is 3.25. The molecule has 3 heterocycles. The first kappa shape index (κ1) is 17.1. The van der Waals surface area contributed by atoms with Crippen LogP contribution >= 0.6 is 11.3 Å². The summed E-state index contributed by atoms with van der Waals surface area (Å²) in [5, 5.41) is 3.25. The Labute approximate surface area is 153 Å². The van der Waals surface area contributed by atoms with Crippen LogP contribution in [-0.4, -0.2) is 46.8 Å². The molecule has 1 aliphatic carbocycles. The first-order valence-electron chi connectivity index (χ1n) is 9.02. The maximum atomic E-state index is 6.04. The van der Waals surface area contributed by atoms with Gasteiger partial charge in [-0.1, -0.05) is 6.07 Å². The van der Waals surface area contributed by atoms with Crippen LogP contribution in [0.25, 0.3) is 0 Å². The van der Waals surface area contributed by atoms with Crippen molar-refractivity contribution in [1.82, 2.24) is 14.9 Å². The highest BCUT2D eigenvalue weighted by molar-refractivity contribution is 7.09. The Kier molecular flexibility index (Phi) is 5.41. The number of aromatic nitrogens is 2. The van der Waals surface area contributed by atoms with Crippen LogP contribution in [0, 0.1) is 12.8 Å². The summed E-state index contributed by atoms with van der Waals surface area (Å²) in [6.45, 7) is 6.17. The van der Waals surface area contributed by atoms with E-state index in [0.717, 1.165) is 50.5 Å². The van der Waals surface area contributed by atoms with Crippen LogP contribution in [0.3, 0.4) is 0 Å². The number of aryl methyl sites for hydroxylation is 1. The number of pyridine rings is 1. The third-order valence-electron chi connectivity index (χ3n) is 5.12. The quantitative estimate of drug-likeness (QED) is 0.793. The van der Waals surface area contributed by atoms with Gasteiger partial charge < -0.3 is 9.47 Å². The van der Waals surface area contributed by atoms with Gasteiger partial charge in [-0.3, -0.25) is 9.88 Å². The van der Waals surface area contributed by atoms with Crippen LogP contribution in [0.1, 0.15) is 29.2 Å². The molecule has 0 bridgehead atoms. The number of nitrogens with zero attached hydrogens (tertiary/aromatic N) is 3. The molecule has 2 fully saturated rings. The van der Waals surface area contributed by atoms with Crippen molar-refractivity contribution in [2.24, 2.45) is 5.92 Å². The molecule has 1 aliphatic heterocycles. The molecule has 3 unspecified atom stereocenters. The number of morpholine rings is 1. The molecule has 0 aromatic carbocycles. The molecule has 2 aromatic heterocycles. The Bertz CT molecular complexity index is 679. The van der Waals surface area contributed by atoms with Gasteiger partial charge in [0.2, 0.25) is 0 Å². The Balaban J connectivity index is 1.29. The van der Waals surface area contributed by atoms with Crippen molar-refractivity contribution in [3.8, 4) is 0 Å². The number of fused-ring (bicyclic) bond motifs is 1. The van der Waals surface area contributed by atoms with E-state index in [0.29, 0.717) is 24.7 Å². The van der Waals surface area contributed by atoms with E-state index in [2.05, 4.69) is 20.2 Å². The molecule has 1 saturated heterocycles. The lowest BCUT2D eigenvalue weighted by molar-refractivity contribution is -0.0591. The molecule has 3 atom stereocenters. The van der Waals surface area contributed by atoms with E-state index >= 15 is 0 Å². The van der Waals surface area contributed by atoms with Gasteiger partial charge in [0.1, 0.15) is 5.01 Å². The summed E-state index contributed by atoms with van der Waals surface area (Å²) in [7, 11) is 0. The summed E-state index contributed by atoms with van der Waals surface area (Å²) in [4.78, 5) is 11.5. The highest BCUT2D eigenvalue weighted by atomic mass is 32.1. The molecule has 2 aliphatic rings. The number of thiazole rings is 1. The van der Waals surface area contributed by atoms with Gasteiger partial charge >= 0.3 is 0 Å². The monoisotopic (exact) mass is 359 g/mol. The molecule has 1 saturated carbocycles. The first-order chi connectivity index (χ1) is 12.3. The van der Waals surface area contributed by atoms with E-state index in [9.17, 15) is 0 Å². The number of ether oxygens (including phenoxy) is 2. The molecule has 25 heavy (non-hydrogen) atoms. The van der Waals surface area contributed by atoms with Crippen molar-refractivity contribution in [1.29, 1.82) is 0 Å². The lowest BCUT2D eigenvalue weighted by atomic mass is 10.1. The lowest BCUT2D eigenvalue weighted by Crippen LogP contribution is -2.47. The smallest absolute Gasteiger partial charge is 0.107 e. The summed E-state index contributed by atoms with van der Waals surface area (Å²) in [5.41, 5.74) is 2.05. The molecular weight excluding hydrogens is 334 g/mol. The van der Waals surface area contributed by atoms with Crippen molar-refractivity contribution < 1.29 is 9.47 Å². The van der Waals surface area contributed by atoms with E-state index in [1.165, 1.54) is 5.01 Å². The van der Waals surface area contributed by atoms with E-state index in [-0.39, 0.29) is 0 Å². The third-order valence-corrected chi connectivity index (χ3v) is 5.88. The van der Waals surface area contributed by atoms with Gasteiger partial charge in [0.05, 0.1) is 38.2 Å². The largest absolute Gasteiger partial charge is 0.375 e. The minimum Gasteiger partial charge on any atom is -0.375 e. The summed E-state index contributed by atoms with van der Waals surface area (Å²) in [6.07, 6.45) is 4.49. The Morgan fingerprint density at radius 2 is 2.32 bits per heavy atom. The molecule has 4 rings (SSSR count). The van der Waals surface area contributed by atoms with E-state index < -0.39 is 0 Å². The normalized spacial score (nSPS) is 26.7. The zero-order valence-electron chi connectivity index (χ0n) is 14.6. The van der Waals surface area contributed by atoms with Gasteiger partial charge in [-0.15, -0.1) is 11.3 Å². The molecule has 0 spiro atoms. The number of hydrogen-bond donors (Lipinski definition) is 0. The summed E-state index contributed by atoms with van der Waals surface area (Å²) in [5.74, 6) is 0.566. The Hall–Kier alpha value is -1.34. The Morgan fingerprint density at radius 1 is 1.36 bits per heavy atom. The maximum absolute atomic E-state index is 6.04. The SMILES string of the molecule is Cc1cccc(COCC2CC3OCCN(Cc4nccs4)C3C2)n1. The third kappa shape index (κ3) is 4.26. The van der Waals surface area contributed by atoms with Gasteiger partial charge in [0, 0.05) is 29.9 Å². The summed E-state index contributed by atoms with van der Waals surface area (Å²) < 4.78 is 12.0. The van der Waals surface area contributed by atoms with Crippen LogP contribution in [0.15, 0.2) is 29.8 Å². The van der Waals surface area contributed by atoms with E-state index in [4.69, 9.17) is 9.47 Å². The van der Waals surface area contributed by atoms with Crippen LogP contribution in [0.4, 0.5) is 0 Å². The van der Waals surface area contributed by atoms with Gasteiger partial charge in [-0.05, 0) is 37.8 Å². The molecule has 134 valence electrons. The number of rotatable bonds is 6.